The van der Waals surface area contributed by atoms with E-state index in [9.17, 15) is 35.9 Å². The van der Waals surface area contributed by atoms with Gasteiger partial charge < -0.3 is 24.6 Å². The molecule has 2 saturated heterocycles. The Hall–Kier alpha value is -3.47. The Bertz CT molecular complexity index is 1190. The molecule has 2 fully saturated rings. The third-order valence-electron chi connectivity index (χ3n) is 6.65. The highest BCUT2D eigenvalue weighted by atomic mass is 19.4. The number of anilines is 2. The lowest BCUT2D eigenvalue weighted by Crippen LogP contribution is -2.49. The molecule has 2 atom stereocenters. The summed E-state index contributed by atoms with van der Waals surface area (Å²) in [5.74, 6) is -0.251. The highest BCUT2D eigenvalue weighted by Gasteiger charge is 2.39. The lowest BCUT2D eigenvalue weighted by Gasteiger charge is -2.34. The standard InChI is InChI=1S/C23H27F6N7O4/c24-22(25,26)15-9-30-21(31-10-15)36-5-3-35(4-6-36)18(37)2-8-40-13-17(14-1-7-39-12-14)33-16-11-32-34-20(38)19(16)23(27,28)29/h9-11,14,17H,1-8,12-13H2,(H2,33,34,38)/t14-,17?/m1/s1. The van der Waals surface area contributed by atoms with Crippen molar-refractivity contribution in [1.82, 2.24) is 25.1 Å². The number of aromatic amines is 1. The minimum Gasteiger partial charge on any atom is -0.381 e. The van der Waals surface area contributed by atoms with Gasteiger partial charge in [-0.15, -0.1) is 0 Å². The van der Waals surface area contributed by atoms with Gasteiger partial charge in [-0.2, -0.15) is 31.4 Å². The van der Waals surface area contributed by atoms with Crippen LogP contribution in [0.4, 0.5) is 38.0 Å². The summed E-state index contributed by atoms with van der Waals surface area (Å²) in [5.41, 5.74) is -4.17. The fraction of sp³-hybridized carbons (Fsp3) is 0.609. The minimum absolute atomic E-state index is 0.00652. The van der Waals surface area contributed by atoms with Crippen LogP contribution in [0, 0.1) is 5.92 Å². The molecule has 2 aliphatic rings. The van der Waals surface area contributed by atoms with Crippen molar-refractivity contribution < 1.29 is 40.6 Å². The van der Waals surface area contributed by atoms with Gasteiger partial charge in [-0.1, -0.05) is 0 Å². The van der Waals surface area contributed by atoms with E-state index in [1.807, 2.05) is 0 Å². The summed E-state index contributed by atoms with van der Waals surface area (Å²) in [6, 6.07) is -0.630. The zero-order valence-electron chi connectivity index (χ0n) is 21.1. The first-order valence-electron chi connectivity index (χ1n) is 12.4. The summed E-state index contributed by atoms with van der Waals surface area (Å²) in [5, 5.41) is 8.00. The molecule has 0 radical (unpaired) electrons. The Morgan fingerprint density at radius 2 is 1.80 bits per heavy atom. The third-order valence-corrected chi connectivity index (χ3v) is 6.65. The van der Waals surface area contributed by atoms with Gasteiger partial charge in [0.1, 0.15) is 5.56 Å². The van der Waals surface area contributed by atoms with Gasteiger partial charge in [-0.05, 0) is 6.42 Å². The van der Waals surface area contributed by atoms with Crippen LogP contribution in [0.1, 0.15) is 24.0 Å². The van der Waals surface area contributed by atoms with Crippen molar-refractivity contribution >= 4 is 17.5 Å². The maximum absolute atomic E-state index is 13.5. The van der Waals surface area contributed by atoms with E-state index in [4.69, 9.17) is 9.47 Å². The molecule has 0 saturated carbocycles. The molecule has 2 aromatic rings. The van der Waals surface area contributed by atoms with Gasteiger partial charge in [0.2, 0.25) is 11.9 Å². The molecule has 0 aliphatic carbocycles. The van der Waals surface area contributed by atoms with Crippen LogP contribution in [0.15, 0.2) is 23.4 Å². The van der Waals surface area contributed by atoms with Crippen molar-refractivity contribution in [3.63, 3.8) is 0 Å². The number of nitrogens with one attached hydrogen (secondary N) is 2. The molecule has 220 valence electrons. The first-order chi connectivity index (χ1) is 18.9. The van der Waals surface area contributed by atoms with E-state index >= 15 is 0 Å². The number of ether oxygens (including phenoxy) is 2. The molecular weight excluding hydrogens is 552 g/mol. The summed E-state index contributed by atoms with van der Waals surface area (Å²) < 4.78 is 89.5. The van der Waals surface area contributed by atoms with Crippen molar-refractivity contribution in [3.05, 3.63) is 40.1 Å². The molecule has 17 heteroatoms. The van der Waals surface area contributed by atoms with E-state index in [1.165, 1.54) is 0 Å². The number of H-pyrrole nitrogens is 1. The molecule has 0 bridgehead atoms. The molecule has 1 unspecified atom stereocenters. The van der Waals surface area contributed by atoms with Crippen LogP contribution in [0.3, 0.4) is 0 Å². The number of alkyl halides is 6. The van der Waals surface area contributed by atoms with Crippen molar-refractivity contribution in [3.8, 4) is 0 Å². The van der Waals surface area contributed by atoms with Crippen LogP contribution in [0.25, 0.3) is 0 Å². The normalized spacial score (nSPS) is 19.1. The molecule has 0 aromatic carbocycles. The number of carbonyl (C=O) groups is 1. The lowest BCUT2D eigenvalue weighted by atomic mass is 9.99. The minimum atomic E-state index is -4.90. The summed E-state index contributed by atoms with van der Waals surface area (Å²) >= 11 is 0. The van der Waals surface area contributed by atoms with Gasteiger partial charge in [0.25, 0.3) is 5.56 Å². The van der Waals surface area contributed by atoms with Crippen molar-refractivity contribution in [2.75, 3.05) is 62.8 Å². The highest BCUT2D eigenvalue weighted by molar-refractivity contribution is 5.76. The molecule has 11 nitrogen and oxygen atoms in total. The Labute approximate surface area is 223 Å². The number of halogens is 6. The molecular formula is C23H27F6N7O4. The zero-order chi connectivity index (χ0) is 28.9. The lowest BCUT2D eigenvalue weighted by molar-refractivity contribution is -0.139. The monoisotopic (exact) mass is 579 g/mol. The van der Waals surface area contributed by atoms with Gasteiger partial charge in [-0.3, -0.25) is 9.59 Å². The van der Waals surface area contributed by atoms with Gasteiger partial charge in [0.05, 0.1) is 49.7 Å². The van der Waals surface area contributed by atoms with Gasteiger partial charge in [0.15, 0.2) is 0 Å². The third kappa shape index (κ3) is 7.38. The zero-order valence-corrected chi connectivity index (χ0v) is 21.1. The maximum Gasteiger partial charge on any atom is 0.423 e. The number of nitrogens with zero attached hydrogens (tertiary/aromatic N) is 5. The number of hydrogen-bond acceptors (Lipinski definition) is 9. The number of carbonyl (C=O) groups excluding carboxylic acids is 1. The second kappa shape index (κ2) is 12.4. The summed E-state index contributed by atoms with van der Waals surface area (Å²) in [6.07, 6.45) is -6.51. The van der Waals surface area contributed by atoms with E-state index in [-0.39, 0.29) is 37.4 Å². The number of piperazine rings is 1. The van der Waals surface area contributed by atoms with E-state index in [2.05, 4.69) is 20.4 Å². The van der Waals surface area contributed by atoms with Gasteiger partial charge >= 0.3 is 12.4 Å². The summed E-state index contributed by atoms with van der Waals surface area (Å²) in [4.78, 5) is 35.3. The predicted octanol–water partition coefficient (Wildman–Crippen LogP) is 2.17. The number of hydrogen-bond donors (Lipinski definition) is 2. The van der Waals surface area contributed by atoms with Crippen LogP contribution in [0.5, 0.6) is 0 Å². The molecule has 2 aromatic heterocycles. The second-order valence-electron chi connectivity index (χ2n) is 9.32. The molecule has 4 rings (SSSR count). The predicted molar refractivity (Wildman–Crippen MR) is 127 cm³/mol. The average molecular weight is 580 g/mol. The number of amides is 1. The van der Waals surface area contributed by atoms with Crippen LogP contribution in [0.2, 0.25) is 0 Å². The van der Waals surface area contributed by atoms with E-state index < -0.39 is 40.8 Å². The smallest absolute Gasteiger partial charge is 0.381 e. The molecule has 2 aliphatic heterocycles. The van der Waals surface area contributed by atoms with Crippen molar-refractivity contribution in [2.24, 2.45) is 5.92 Å². The first kappa shape index (κ1) is 29.5. The molecule has 1 amide bonds. The van der Waals surface area contributed by atoms with Crippen molar-refractivity contribution in [2.45, 2.75) is 31.2 Å². The largest absolute Gasteiger partial charge is 0.423 e. The number of aromatic nitrogens is 4. The Morgan fingerprint density at radius 3 is 2.40 bits per heavy atom. The van der Waals surface area contributed by atoms with Gasteiger partial charge in [-0.25, -0.2) is 15.1 Å². The first-order valence-corrected chi connectivity index (χ1v) is 12.4. The fourth-order valence-corrected chi connectivity index (χ4v) is 4.47. The molecule has 4 heterocycles. The van der Waals surface area contributed by atoms with Gasteiger partial charge in [0, 0.05) is 51.1 Å². The number of rotatable bonds is 9. The van der Waals surface area contributed by atoms with Crippen LogP contribution in [-0.2, 0) is 26.6 Å². The average Bonchev–Trinajstić information content (AvgIpc) is 3.44. The Kier molecular flexibility index (Phi) is 9.12. The topological polar surface area (TPSA) is 126 Å². The second-order valence-corrected chi connectivity index (χ2v) is 9.32. The van der Waals surface area contributed by atoms with Crippen LogP contribution < -0.4 is 15.8 Å². The van der Waals surface area contributed by atoms with E-state index in [1.54, 1.807) is 14.9 Å². The Balaban J connectivity index is 1.26. The van der Waals surface area contributed by atoms with Crippen molar-refractivity contribution in [1.29, 1.82) is 0 Å². The van der Waals surface area contributed by atoms with Crippen LogP contribution >= 0.6 is 0 Å². The quantitative estimate of drug-likeness (QED) is 0.340. The SMILES string of the molecule is O=C(CCOCC(Nc1cn[nH]c(=O)c1C(F)(F)F)[C@@H]1CCOC1)N1CCN(c2ncc(C(F)(F)F)cn2)CC1. The van der Waals surface area contributed by atoms with Crippen LogP contribution in [-0.4, -0.2) is 89.6 Å². The van der Waals surface area contributed by atoms with E-state index in [0.717, 1.165) is 6.20 Å². The maximum atomic E-state index is 13.5. The highest BCUT2D eigenvalue weighted by Crippen LogP contribution is 2.33. The summed E-state index contributed by atoms with van der Waals surface area (Å²) in [7, 11) is 0. The molecule has 0 spiro atoms. The fourth-order valence-electron chi connectivity index (χ4n) is 4.47. The Morgan fingerprint density at radius 1 is 1.10 bits per heavy atom. The molecule has 40 heavy (non-hydrogen) atoms. The summed E-state index contributed by atoms with van der Waals surface area (Å²) in [6.45, 7) is 1.98. The molecule has 2 N–H and O–H groups in total. The van der Waals surface area contributed by atoms with E-state index in [0.29, 0.717) is 58.2 Å².